The van der Waals surface area contributed by atoms with E-state index in [2.05, 4.69) is 25.9 Å². The van der Waals surface area contributed by atoms with Gasteiger partial charge in [0, 0.05) is 32.5 Å². The van der Waals surface area contributed by atoms with Crippen LogP contribution in [0.3, 0.4) is 0 Å². The van der Waals surface area contributed by atoms with E-state index in [0.29, 0.717) is 34.2 Å². The second-order valence-electron chi connectivity index (χ2n) is 9.43. The van der Waals surface area contributed by atoms with E-state index in [-0.39, 0.29) is 22.5 Å². The molecule has 4 aromatic rings. The number of benzene rings is 1. The molecule has 0 saturated heterocycles. The quantitative estimate of drug-likeness (QED) is 0.379. The number of hydrogen-bond acceptors (Lipinski definition) is 7. The first kappa shape index (κ1) is 26.0. The fourth-order valence-corrected chi connectivity index (χ4v) is 5.29. The normalized spacial score (nSPS) is 14.5. The number of aryl methyl sites for hydroxylation is 1. The maximum atomic E-state index is 14.1. The van der Waals surface area contributed by atoms with Crippen LogP contribution < -0.4 is 20.5 Å². The zero-order valence-electron chi connectivity index (χ0n) is 22.1. The molecule has 1 atom stereocenters. The van der Waals surface area contributed by atoms with Gasteiger partial charge in [-0.15, -0.1) is 0 Å². The summed E-state index contributed by atoms with van der Waals surface area (Å²) in [5, 5.41) is 12.3. The number of pyridine rings is 1. The van der Waals surface area contributed by atoms with E-state index in [1.807, 2.05) is 32.0 Å². The summed E-state index contributed by atoms with van der Waals surface area (Å²) in [5.74, 6) is 0.535. The van der Waals surface area contributed by atoms with Crippen LogP contribution >= 0.6 is 11.6 Å². The summed E-state index contributed by atoms with van der Waals surface area (Å²) in [5.41, 5.74) is 4.07. The zero-order valence-corrected chi connectivity index (χ0v) is 22.8. The van der Waals surface area contributed by atoms with Gasteiger partial charge in [-0.05, 0) is 43.7 Å². The van der Waals surface area contributed by atoms with Crippen molar-refractivity contribution in [2.24, 2.45) is 7.05 Å². The van der Waals surface area contributed by atoms with Crippen LogP contribution in [0.15, 0.2) is 53.6 Å². The number of amides is 1. The maximum absolute atomic E-state index is 14.1. The second-order valence-corrected chi connectivity index (χ2v) is 9.84. The molecule has 0 aliphatic carbocycles. The molecule has 5 rings (SSSR count). The summed E-state index contributed by atoms with van der Waals surface area (Å²) in [4.78, 5) is 36.9. The maximum Gasteiger partial charge on any atom is 0.269 e. The molecule has 1 aliphatic rings. The Kier molecular flexibility index (Phi) is 6.62. The number of ether oxygens (including phenoxy) is 1. The average Bonchev–Trinajstić information content (AvgIpc) is 3.46. The third-order valence-electron chi connectivity index (χ3n) is 6.76. The highest BCUT2D eigenvalue weighted by Crippen LogP contribution is 2.47. The van der Waals surface area contributed by atoms with Gasteiger partial charge >= 0.3 is 0 Å². The number of rotatable bonds is 6. The van der Waals surface area contributed by atoms with Crippen LogP contribution in [0.1, 0.15) is 53.1 Å². The highest BCUT2D eigenvalue weighted by atomic mass is 35.5. The van der Waals surface area contributed by atoms with Crippen molar-refractivity contribution < 1.29 is 9.53 Å². The monoisotopic (exact) mass is 543 g/mol. The lowest BCUT2D eigenvalue weighted by Gasteiger charge is -2.29. The van der Waals surface area contributed by atoms with Crippen LogP contribution in [-0.2, 0) is 7.05 Å². The number of halogens is 1. The molecule has 4 heterocycles. The first-order valence-corrected chi connectivity index (χ1v) is 12.6. The van der Waals surface area contributed by atoms with Gasteiger partial charge in [-0.3, -0.25) is 14.5 Å². The van der Waals surface area contributed by atoms with E-state index in [0.717, 1.165) is 17.0 Å². The summed E-state index contributed by atoms with van der Waals surface area (Å²) in [6.07, 6.45) is 3.27. The number of aromatic nitrogens is 4. The molecule has 10 nitrogen and oxygen atoms in total. The molecule has 1 amide bonds. The lowest BCUT2D eigenvalue weighted by atomic mass is 10.0. The van der Waals surface area contributed by atoms with Crippen LogP contribution in [-0.4, -0.2) is 39.2 Å². The number of hydrogen-bond donors (Lipinski definition) is 1. The summed E-state index contributed by atoms with van der Waals surface area (Å²) in [7, 11) is 4.86. The third-order valence-corrected chi connectivity index (χ3v) is 7.04. The first-order valence-electron chi connectivity index (χ1n) is 12.2. The van der Waals surface area contributed by atoms with Gasteiger partial charge in [0.25, 0.3) is 11.5 Å². The van der Waals surface area contributed by atoms with Crippen LogP contribution in [0.25, 0.3) is 11.3 Å². The molecule has 3 aromatic heterocycles. The van der Waals surface area contributed by atoms with E-state index >= 15 is 0 Å². The van der Waals surface area contributed by atoms with Crippen LogP contribution in [0.2, 0.25) is 5.02 Å². The Balaban J connectivity index is 1.79. The molecule has 1 aliphatic heterocycles. The summed E-state index contributed by atoms with van der Waals surface area (Å²) in [6.45, 7) is 4.07. The third kappa shape index (κ3) is 4.21. The van der Waals surface area contributed by atoms with Crippen molar-refractivity contribution >= 4 is 29.1 Å². The van der Waals surface area contributed by atoms with Gasteiger partial charge in [-0.2, -0.15) is 10.2 Å². The Morgan fingerprint density at radius 2 is 1.87 bits per heavy atom. The smallest absolute Gasteiger partial charge is 0.269 e. The summed E-state index contributed by atoms with van der Waals surface area (Å²) >= 11 is 6.26. The molecule has 0 fully saturated rings. The Labute approximate surface area is 230 Å². The lowest BCUT2D eigenvalue weighted by molar-refractivity contribution is 0.0993. The van der Waals surface area contributed by atoms with E-state index < -0.39 is 6.04 Å². The average molecular weight is 544 g/mol. The molecule has 0 bridgehead atoms. The van der Waals surface area contributed by atoms with Gasteiger partial charge in [-0.25, -0.2) is 4.98 Å². The molecular formula is C28H26ClN7O3. The van der Waals surface area contributed by atoms with Crippen molar-refractivity contribution in [1.29, 1.82) is 5.26 Å². The topological polar surface area (TPSA) is 118 Å². The molecule has 11 heteroatoms. The second kappa shape index (κ2) is 9.93. The molecule has 0 saturated carbocycles. The van der Waals surface area contributed by atoms with E-state index in [4.69, 9.17) is 16.3 Å². The minimum absolute atomic E-state index is 0.0110. The molecule has 198 valence electrons. The Morgan fingerprint density at radius 1 is 1.15 bits per heavy atom. The van der Waals surface area contributed by atoms with Gasteiger partial charge in [-0.1, -0.05) is 23.7 Å². The standard InChI is InChI=1S/C28H26ClN7O3/c1-15(2)35-22(20-13-32-28(31-3)33-25(20)39-5)11-19-24(35)23(17-8-6-16(12-30)7-9-17)36(26(19)37)18-10-21(29)27(38)34(4)14-18/h6-11,13-15,23H,1-5H3,(H,31,32,33). The van der Waals surface area contributed by atoms with E-state index in [9.17, 15) is 14.9 Å². The Hall–Kier alpha value is -4.62. The largest absolute Gasteiger partial charge is 0.480 e. The fraction of sp³-hybridized carbons (Fsp3) is 0.250. The van der Waals surface area contributed by atoms with Crippen molar-refractivity contribution in [2.75, 3.05) is 24.4 Å². The first-order chi connectivity index (χ1) is 18.7. The van der Waals surface area contributed by atoms with Crippen molar-refractivity contribution in [3.63, 3.8) is 0 Å². The van der Waals surface area contributed by atoms with Crippen molar-refractivity contribution in [1.82, 2.24) is 19.1 Å². The molecule has 1 unspecified atom stereocenters. The van der Waals surface area contributed by atoms with Crippen molar-refractivity contribution in [2.45, 2.75) is 25.9 Å². The number of nitrogens with one attached hydrogen (secondary N) is 1. The molecule has 1 N–H and O–H groups in total. The van der Waals surface area contributed by atoms with Gasteiger partial charge < -0.3 is 19.2 Å². The SMILES string of the molecule is CNc1ncc(-c2cc3c(n2C(C)C)C(c2ccc(C#N)cc2)N(c2cc(Cl)c(=O)n(C)c2)C3=O)c(OC)n1. The predicted octanol–water partition coefficient (Wildman–Crippen LogP) is 4.55. The Morgan fingerprint density at radius 3 is 2.46 bits per heavy atom. The predicted molar refractivity (Wildman–Crippen MR) is 148 cm³/mol. The van der Waals surface area contributed by atoms with Gasteiger partial charge in [0.15, 0.2) is 0 Å². The number of anilines is 2. The van der Waals surface area contributed by atoms with E-state index in [1.165, 1.54) is 17.7 Å². The van der Waals surface area contributed by atoms with Crippen molar-refractivity contribution in [3.05, 3.63) is 86.6 Å². The van der Waals surface area contributed by atoms with Crippen LogP contribution in [0, 0.1) is 11.3 Å². The van der Waals surface area contributed by atoms with Crippen LogP contribution in [0.4, 0.5) is 11.6 Å². The summed E-state index contributed by atoms with van der Waals surface area (Å²) in [6, 6.07) is 12.0. The number of methoxy groups -OCH3 is 1. The number of fused-ring (bicyclic) bond motifs is 1. The Bertz CT molecular complexity index is 1670. The van der Waals surface area contributed by atoms with Crippen LogP contribution in [0.5, 0.6) is 5.88 Å². The summed E-state index contributed by atoms with van der Waals surface area (Å²) < 4.78 is 9.03. The number of nitriles is 1. The molecule has 39 heavy (non-hydrogen) atoms. The highest BCUT2D eigenvalue weighted by Gasteiger charge is 2.43. The molecule has 1 aromatic carbocycles. The number of carbonyl (C=O) groups excluding carboxylic acids is 1. The number of carbonyl (C=O) groups is 1. The molecular weight excluding hydrogens is 518 g/mol. The zero-order chi connectivity index (χ0) is 28.0. The van der Waals surface area contributed by atoms with Gasteiger partial charge in [0.2, 0.25) is 11.8 Å². The van der Waals surface area contributed by atoms with E-state index in [1.54, 1.807) is 43.5 Å². The lowest BCUT2D eigenvalue weighted by Crippen LogP contribution is -2.31. The molecule has 0 radical (unpaired) electrons. The minimum Gasteiger partial charge on any atom is -0.480 e. The fourth-order valence-electron chi connectivity index (χ4n) is 5.04. The van der Waals surface area contributed by atoms with Crippen molar-refractivity contribution in [3.8, 4) is 23.2 Å². The number of nitrogens with zero attached hydrogens (tertiary/aromatic N) is 6. The minimum atomic E-state index is -0.562. The van der Waals surface area contributed by atoms with Gasteiger partial charge in [0.05, 0.1) is 46.9 Å². The van der Waals surface area contributed by atoms with Gasteiger partial charge in [0.1, 0.15) is 11.1 Å². The molecule has 0 spiro atoms. The highest BCUT2D eigenvalue weighted by molar-refractivity contribution is 6.30.